The van der Waals surface area contributed by atoms with Gasteiger partial charge in [-0.15, -0.1) is 0 Å². The van der Waals surface area contributed by atoms with Crippen LogP contribution in [0, 0.1) is 5.92 Å². The van der Waals surface area contributed by atoms with Gasteiger partial charge < -0.3 is 5.32 Å². The lowest BCUT2D eigenvalue weighted by molar-refractivity contribution is 0.298. The Kier molecular flexibility index (Phi) is 3.28. The van der Waals surface area contributed by atoms with Crippen molar-refractivity contribution in [3.8, 4) is 0 Å². The van der Waals surface area contributed by atoms with Gasteiger partial charge in [0.2, 0.25) is 0 Å². The van der Waals surface area contributed by atoms with E-state index in [0.29, 0.717) is 6.04 Å². The highest BCUT2D eigenvalue weighted by Gasteiger charge is 2.27. The van der Waals surface area contributed by atoms with Crippen molar-refractivity contribution in [2.24, 2.45) is 5.92 Å². The van der Waals surface area contributed by atoms with E-state index in [-0.39, 0.29) is 0 Å². The molecule has 0 bridgehead atoms. The lowest BCUT2D eigenvalue weighted by Gasteiger charge is -2.35. The molecule has 0 aromatic carbocycles. The quantitative estimate of drug-likeness (QED) is 0.858. The van der Waals surface area contributed by atoms with Gasteiger partial charge in [-0.1, -0.05) is 18.7 Å². The average Bonchev–Trinajstić information content (AvgIpc) is 2.47. The number of rotatable bonds is 2. The third kappa shape index (κ3) is 2.25. The molecule has 2 atom stereocenters. The Morgan fingerprint density at radius 2 is 2.28 bits per heavy atom. The van der Waals surface area contributed by atoms with Gasteiger partial charge in [-0.2, -0.15) is 0 Å². The van der Waals surface area contributed by atoms with Crippen LogP contribution in [0.25, 0.3) is 11.6 Å². The van der Waals surface area contributed by atoms with Crippen LogP contribution in [-0.4, -0.2) is 17.6 Å². The molecule has 2 aliphatic rings. The van der Waals surface area contributed by atoms with Gasteiger partial charge in [-0.25, -0.2) is 0 Å². The molecule has 1 N–H and O–H groups in total. The summed E-state index contributed by atoms with van der Waals surface area (Å²) in [6.07, 6.45) is 13.3. The van der Waals surface area contributed by atoms with Gasteiger partial charge in [0.25, 0.3) is 0 Å². The lowest BCUT2D eigenvalue weighted by Crippen LogP contribution is -2.41. The summed E-state index contributed by atoms with van der Waals surface area (Å²) in [7, 11) is 0. The van der Waals surface area contributed by atoms with Crippen molar-refractivity contribution in [3.63, 3.8) is 0 Å². The monoisotopic (exact) mass is 240 g/mol. The second kappa shape index (κ2) is 5.07. The molecule has 94 valence electrons. The number of piperidine rings is 1. The number of allylic oxidation sites excluding steroid dienone is 1. The van der Waals surface area contributed by atoms with Gasteiger partial charge in [-0.05, 0) is 60.9 Å². The SMILES string of the molecule is C=Cc1cncc(C2=C[C@@H]3NCCC[C@@H]3CC2)c1. The molecule has 2 heterocycles. The standard InChI is InChI=1S/C16H20N2/c1-2-12-8-15(11-17-10-12)14-6-5-13-4-3-7-18-16(13)9-14/h2,8-11,13,16,18H,1,3-7H2/t13-,16+/m1/s1. The summed E-state index contributed by atoms with van der Waals surface area (Å²) in [4.78, 5) is 4.30. The van der Waals surface area contributed by atoms with Crippen LogP contribution in [0.2, 0.25) is 0 Å². The van der Waals surface area contributed by atoms with Crippen LogP contribution in [0.4, 0.5) is 0 Å². The number of fused-ring (bicyclic) bond motifs is 1. The van der Waals surface area contributed by atoms with Crippen LogP contribution in [0.1, 0.15) is 36.8 Å². The summed E-state index contributed by atoms with van der Waals surface area (Å²) < 4.78 is 0. The van der Waals surface area contributed by atoms with Gasteiger partial charge in [0.05, 0.1) is 0 Å². The first-order valence-electron chi connectivity index (χ1n) is 6.89. The van der Waals surface area contributed by atoms with Gasteiger partial charge in [0.1, 0.15) is 0 Å². The largest absolute Gasteiger partial charge is 0.310 e. The molecule has 1 saturated heterocycles. The van der Waals surface area contributed by atoms with E-state index in [9.17, 15) is 0 Å². The normalized spacial score (nSPS) is 27.2. The zero-order chi connectivity index (χ0) is 12.4. The van der Waals surface area contributed by atoms with Crippen molar-refractivity contribution in [2.75, 3.05) is 6.54 Å². The van der Waals surface area contributed by atoms with Crippen molar-refractivity contribution in [1.29, 1.82) is 0 Å². The second-order valence-corrected chi connectivity index (χ2v) is 5.32. The minimum absolute atomic E-state index is 0.579. The summed E-state index contributed by atoms with van der Waals surface area (Å²) in [6, 6.07) is 2.77. The van der Waals surface area contributed by atoms with E-state index in [4.69, 9.17) is 0 Å². The van der Waals surface area contributed by atoms with E-state index < -0.39 is 0 Å². The third-order valence-electron chi connectivity index (χ3n) is 4.17. The van der Waals surface area contributed by atoms with Crippen molar-refractivity contribution in [2.45, 2.75) is 31.7 Å². The molecular weight excluding hydrogens is 220 g/mol. The summed E-state index contributed by atoms with van der Waals surface area (Å²) >= 11 is 0. The predicted octanol–water partition coefficient (Wildman–Crippen LogP) is 3.27. The second-order valence-electron chi connectivity index (χ2n) is 5.32. The van der Waals surface area contributed by atoms with Crippen LogP contribution in [-0.2, 0) is 0 Å². The summed E-state index contributed by atoms with van der Waals surface area (Å²) in [5.41, 5.74) is 3.81. The van der Waals surface area contributed by atoms with Crippen LogP contribution in [0.5, 0.6) is 0 Å². The molecule has 0 unspecified atom stereocenters. The fraction of sp³-hybridized carbons (Fsp3) is 0.438. The Morgan fingerprint density at radius 1 is 1.33 bits per heavy atom. The Hall–Kier alpha value is -1.41. The van der Waals surface area contributed by atoms with Gasteiger partial charge >= 0.3 is 0 Å². The summed E-state index contributed by atoms with van der Waals surface area (Å²) in [5, 5.41) is 3.63. The van der Waals surface area contributed by atoms with Crippen LogP contribution in [0.3, 0.4) is 0 Å². The van der Waals surface area contributed by atoms with Crippen LogP contribution < -0.4 is 5.32 Å². The van der Waals surface area contributed by atoms with E-state index in [1.807, 2.05) is 18.5 Å². The molecule has 18 heavy (non-hydrogen) atoms. The minimum Gasteiger partial charge on any atom is -0.310 e. The Bertz CT molecular complexity index is 476. The fourth-order valence-corrected chi connectivity index (χ4v) is 3.12. The van der Waals surface area contributed by atoms with Crippen molar-refractivity contribution >= 4 is 11.6 Å². The molecule has 2 heteroatoms. The molecule has 0 saturated carbocycles. The van der Waals surface area contributed by atoms with E-state index in [1.54, 1.807) is 0 Å². The molecule has 2 nitrogen and oxygen atoms in total. The number of aromatic nitrogens is 1. The Morgan fingerprint density at radius 3 is 3.17 bits per heavy atom. The smallest absolute Gasteiger partial charge is 0.0343 e. The average molecular weight is 240 g/mol. The zero-order valence-corrected chi connectivity index (χ0v) is 10.7. The van der Waals surface area contributed by atoms with E-state index in [2.05, 4.69) is 29.0 Å². The van der Waals surface area contributed by atoms with Crippen molar-refractivity contribution in [3.05, 3.63) is 42.2 Å². The number of nitrogens with zero attached hydrogens (tertiary/aromatic N) is 1. The van der Waals surface area contributed by atoms with E-state index in [1.165, 1.54) is 36.8 Å². The first kappa shape index (κ1) is 11.7. The molecule has 1 aliphatic carbocycles. The first-order chi connectivity index (χ1) is 8.86. The van der Waals surface area contributed by atoms with Crippen LogP contribution in [0.15, 0.2) is 31.1 Å². The molecule has 1 aromatic heterocycles. The number of hydrogen-bond donors (Lipinski definition) is 1. The number of nitrogens with one attached hydrogen (secondary N) is 1. The van der Waals surface area contributed by atoms with E-state index in [0.717, 1.165) is 18.0 Å². The molecular formula is C16H20N2. The number of pyridine rings is 1. The molecule has 1 aromatic rings. The van der Waals surface area contributed by atoms with E-state index >= 15 is 0 Å². The van der Waals surface area contributed by atoms with Crippen molar-refractivity contribution in [1.82, 2.24) is 10.3 Å². The molecule has 3 rings (SSSR count). The molecule has 1 aliphatic heterocycles. The maximum Gasteiger partial charge on any atom is 0.0343 e. The Labute approximate surface area is 109 Å². The lowest BCUT2D eigenvalue weighted by atomic mass is 9.79. The Balaban J connectivity index is 1.87. The first-order valence-corrected chi connectivity index (χ1v) is 6.89. The topological polar surface area (TPSA) is 24.9 Å². The maximum absolute atomic E-state index is 4.30. The van der Waals surface area contributed by atoms with Gasteiger partial charge in [0, 0.05) is 18.4 Å². The minimum atomic E-state index is 0.579. The highest BCUT2D eigenvalue weighted by molar-refractivity contribution is 5.68. The zero-order valence-electron chi connectivity index (χ0n) is 10.7. The molecule has 0 spiro atoms. The molecule has 1 fully saturated rings. The predicted molar refractivity (Wildman–Crippen MR) is 76.1 cm³/mol. The summed E-state index contributed by atoms with van der Waals surface area (Å²) in [5.74, 6) is 0.845. The van der Waals surface area contributed by atoms with Crippen LogP contribution >= 0.6 is 0 Å². The highest BCUT2D eigenvalue weighted by atomic mass is 14.9. The summed E-state index contributed by atoms with van der Waals surface area (Å²) in [6.45, 7) is 4.97. The van der Waals surface area contributed by atoms with Gasteiger partial charge in [0.15, 0.2) is 0 Å². The molecule has 0 amide bonds. The maximum atomic E-state index is 4.30. The third-order valence-corrected chi connectivity index (χ3v) is 4.17. The highest BCUT2D eigenvalue weighted by Crippen LogP contribution is 2.34. The number of hydrogen-bond acceptors (Lipinski definition) is 2. The fourth-order valence-electron chi connectivity index (χ4n) is 3.12. The van der Waals surface area contributed by atoms with Gasteiger partial charge in [-0.3, -0.25) is 4.98 Å². The van der Waals surface area contributed by atoms with Crippen molar-refractivity contribution < 1.29 is 0 Å². The molecule has 0 radical (unpaired) electrons.